The molecule has 0 aliphatic carbocycles. The van der Waals surface area contributed by atoms with E-state index < -0.39 is 4.92 Å². The largest absolute Gasteiger partial charge is 0.432 e. The Bertz CT molecular complexity index is 357. The smallest absolute Gasteiger partial charge is 0.390 e. The van der Waals surface area contributed by atoms with Gasteiger partial charge in [0.25, 0.3) is 0 Å². The molecule has 1 aromatic heterocycles. The Hall–Kier alpha value is -1.43. The number of aromatic amines is 1. The molecule has 2 rings (SSSR count). The van der Waals surface area contributed by atoms with Gasteiger partial charge in [-0.25, -0.2) is 4.98 Å². The van der Waals surface area contributed by atoms with E-state index in [0.717, 1.165) is 31.7 Å². The Kier molecular flexibility index (Phi) is 3.51. The molecule has 0 amide bonds. The van der Waals surface area contributed by atoms with Gasteiger partial charge in [0.15, 0.2) is 0 Å². The van der Waals surface area contributed by atoms with Gasteiger partial charge < -0.3 is 15.0 Å². The number of hydrogen-bond donors (Lipinski definition) is 1. The van der Waals surface area contributed by atoms with E-state index >= 15 is 0 Å². The number of nitrogens with zero attached hydrogens (tertiary/aromatic N) is 3. The molecule has 0 atom stereocenters. The summed E-state index contributed by atoms with van der Waals surface area (Å²) in [6, 6.07) is 0. The molecule has 88 valence electrons. The lowest BCUT2D eigenvalue weighted by atomic mass is 10.1. The Morgan fingerprint density at radius 1 is 1.44 bits per heavy atom. The van der Waals surface area contributed by atoms with Gasteiger partial charge in [-0.1, -0.05) is 11.4 Å². The van der Waals surface area contributed by atoms with Crippen molar-refractivity contribution >= 4 is 5.95 Å². The summed E-state index contributed by atoms with van der Waals surface area (Å²) in [6.07, 6.45) is 6.22. The molecule has 1 aromatic rings. The lowest BCUT2D eigenvalue weighted by Crippen LogP contribution is -2.31. The average molecular weight is 224 g/mol. The quantitative estimate of drug-likeness (QED) is 0.618. The Morgan fingerprint density at radius 3 is 2.81 bits per heavy atom. The second-order valence-electron chi connectivity index (χ2n) is 4.14. The standard InChI is InChI=1S/C10H16N4O2/c15-14(16)10-11-8-9(12-10)4-7-13-5-2-1-3-6-13/h8H,1-7H2,(H,11,12). The van der Waals surface area contributed by atoms with Crippen molar-refractivity contribution in [2.45, 2.75) is 25.7 Å². The molecule has 0 spiro atoms. The molecule has 0 bridgehead atoms. The highest BCUT2D eigenvalue weighted by Crippen LogP contribution is 2.10. The van der Waals surface area contributed by atoms with Gasteiger partial charge in [0.05, 0.1) is 0 Å². The first kappa shape index (κ1) is 11.1. The van der Waals surface area contributed by atoms with Crippen LogP contribution in [0, 0.1) is 10.1 Å². The molecule has 6 nitrogen and oxygen atoms in total. The Morgan fingerprint density at radius 2 is 2.19 bits per heavy atom. The van der Waals surface area contributed by atoms with Crippen LogP contribution < -0.4 is 0 Å². The number of imidazole rings is 1. The fraction of sp³-hybridized carbons (Fsp3) is 0.700. The summed E-state index contributed by atoms with van der Waals surface area (Å²) in [6.45, 7) is 3.26. The van der Waals surface area contributed by atoms with Gasteiger partial charge in [-0.15, -0.1) is 0 Å². The zero-order chi connectivity index (χ0) is 11.4. The summed E-state index contributed by atoms with van der Waals surface area (Å²) >= 11 is 0. The van der Waals surface area contributed by atoms with Crippen LogP contribution in [0.15, 0.2) is 6.20 Å². The maximum Gasteiger partial charge on any atom is 0.432 e. The minimum Gasteiger partial charge on any atom is -0.390 e. The third kappa shape index (κ3) is 2.79. The third-order valence-corrected chi connectivity index (χ3v) is 2.93. The summed E-state index contributed by atoms with van der Waals surface area (Å²) in [5, 5.41) is 10.4. The third-order valence-electron chi connectivity index (χ3n) is 2.93. The van der Waals surface area contributed by atoms with Gasteiger partial charge in [0.1, 0.15) is 11.9 Å². The maximum atomic E-state index is 10.4. The second kappa shape index (κ2) is 5.07. The van der Waals surface area contributed by atoms with Crippen molar-refractivity contribution in [3.05, 3.63) is 22.0 Å². The van der Waals surface area contributed by atoms with Crippen LogP contribution in [0.25, 0.3) is 0 Å². The number of rotatable bonds is 4. The first-order valence-corrected chi connectivity index (χ1v) is 5.66. The molecule has 0 radical (unpaired) electrons. The summed E-state index contributed by atoms with van der Waals surface area (Å²) in [4.78, 5) is 18.7. The minimum absolute atomic E-state index is 0.159. The Balaban J connectivity index is 1.81. The van der Waals surface area contributed by atoms with E-state index in [4.69, 9.17) is 0 Å². The fourth-order valence-corrected chi connectivity index (χ4v) is 2.03. The topological polar surface area (TPSA) is 75.1 Å². The van der Waals surface area contributed by atoms with Crippen molar-refractivity contribution in [2.75, 3.05) is 19.6 Å². The molecule has 1 saturated heterocycles. The van der Waals surface area contributed by atoms with E-state index in [0.29, 0.717) is 0 Å². The molecule has 1 fully saturated rings. The van der Waals surface area contributed by atoms with Crippen LogP contribution in [-0.4, -0.2) is 39.4 Å². The minimum atomic E-state index is -0.496. The molecule has 1 N–H and O–H groups in total. The molecule has 0 unspecified atom stereocenters. The first-order valence-electron chi connectivity index (χ1n) is 5.66. The molecule has 0 saturated carbocycles. The lowest BCUT2D eigenvalue weighted by Gasteiger charge is -2.25. The van der Waals surface area contributed by atoms with Crippen molar-refractivity contribution in [1.29, 1.82) is 0 Å². The fourth-order valence-electron chi connectivity index (χ4n) is 2.03. The highest BCUT2D eigenvalue weighted by molar-refractivity contribution is 5.10. The monoisotopic (exact) mass is 224 g/mol. The van der Waals surface area contributed by atoms with Crippen molar-refractivity contribution in [2.24, 2.45) is 0 Å². The van der Waals surface area contributed by atoms with Crippen LogP contribution in [0.5, 0.6) is 0 Å². The van der Waals surface area contributed by atoms with Crippen LogP contribution in [-0.2, 0) is 6.42 Å². The lowest BCUT2D eigenvalue weighted by molar-refractivity contribution is -0.393. The molecule has 6 heteroatoms. The molecular weight excluding hydrogens is 208 g/mol. The van der Waals surface area contributed by atoms with Crippen molar-refractivity contribution < 1.29 is 4.92 Å². The summed E-state index contributed by atoms with van der Waals surface area (Å²) in [5.74, 6) is -0.159. The summed E-state index contributed by atoms with van der Waals surface area (Å²) in [5.41, 5.74) is 0.845. The first-order chi connectivity index (χ1) is 7.75. The van der Waals surface area contributed by atoms with Gasteiger partial charge in [-0.05, 0) is 30.9 Å². The zero-order valence-electron chi connectivity index (χ0n) is 9.19. The highest BCUT2D eigenvalue weighted by Gasteiger charge is 2.13. The van der Waals surface area contributed by atoms with E-state index in [1.54, 1.807) is 6.20 Å². The zero-order valence-corrected chi connectivity index (χ0v) is 9.19. The van der Waals surface area contributed by atoms with E-state index in [1.165, 1.54) is 19.3 Å². The number of aromatic nitrogens is 2. The van der Waals surface area contributed by atoms with Crippen LogP contribution in [0.3, 0.4) is 0 Å². The number of likely N-dealkylation sites (tertiary alicyclic amines) is 1. The number of nitro groups is 1. The second-order valence-corrected chi connectivity index (χ2v) is 4.14. The van der Waals surface area contributed by atoms with Crippen molar-refractivity contribution in [3.8, 4) is 0 Å². The van der Waals surface area contributed by atoms with Crippen molar-refractivity contribution in [3.63, 3.8) is 0 Å². The number of H-pyrrole nitrogens is 1. The van der Waals surface area contributed by atoms with Crippen LogP contribution in [0.4, 0.5) is 5.95 Å². The van der Waals surface area contributed by atoms with E-state index in [2.05, 4.69) is 14.9 Å². The van der Waals surface area contributed by atoms with Gasteiger partial charge in [0.2, 0.25) is 0 Å². The SMILES string of the molecule is O=[N+]([O-])c1ncc(CCN2CCCCC2)[nH]1. The number of hydrogen-bond acceptors (Lipinski definition) is 4. The number of nitrogens with one attached hydrogen (secondary N) is 1. The Labute approximate surface area is 93.8 Å². The van der Waals surface area contributed by atoms with Crippen LogP contribution in [0.2, 0.25) is 0 Å². The van der Waals surface area contributed by atoms with E-state index in [1.807, 2.05) is 0 Å². The molecule has 1 aliphatic rings. The average Bonchev–Trinajstić information content (AvgIpc) is 2.76. The maximum absolute atomic E-state index is 10.4. The molecule has 16 heavy (non-hydrogen) atoms. The molecule has 2 heterocycles. The number of piperidine rings is 1. The molecule has 1 aliphatic heterocycles. The predicted octanol–water partition coefficient (Wildman–Crippen LogP) is 1.35. The normalized spacial score (nSPS) is 17.5. The van der Waals surface area contributed by atoms with Crippen LogP contribution >= 0.6 is 0 Å². The van der Waals surface area contributed by atoms with Gasteiger partial charge in [-0.3, -0.25) is 0 Å². The summed E-state index contributed by atoms with van der Waals surface area (Å²) in [7, 11) is 0. The van der Waals surface area contributed by atoms with E-state index in [9.17, 15) is 10.1 Å². The van der Waals surface area contributed by atoms with Gasteiger partial charge in [0, 0.05) is 13.0 Å². The highest BCUT2D eigenvalue weighted by atomic mass is 16.6. The van der Waals surface area contributed by atoms with Crippen molar-refractivity contribution in [1.82, 2.24) is 14.9 Å². The van der Waals surface area contributed by atoms with Crippen LogP contribution in [0.1, 0.15) is 25.0 Å². The van der Waals surface area contributed by atoms with Gasteiger partial charge >= 0.3 is 5.95 Å². The van der Waals surface area contributed by atoms with E-state index in [-0.39, 0.29) is 5.95 Å². The molecular formula is C10H16N4O2. The van der Waals surface area contributed by atoms with Gasteiger partial charge in [-0.2, -0.15) is 0 Å². The predicted molar refractivity (Wildman–Crippen MR) is 59.2 cm³/mol. The molecule has 0 aromatic carbocycles. The summed E-state index contributed by atoms with van der Waals surface area (Å²) < 4.78 is 0.